The highest BCUT2D eigenvalue weighted by Gasteiger charge is 2.72. The van der Waals surface area contributed by atoms with E-state index in [-0.39, 0.29) is 27.6 Å². The van der Waals surface area contributed by atoms with Crippen molar-refractivity contribution >= 4 is 40.1 Å². The number of fused-ring (bicyclic) bond motifs is 10. The summed E-state index contributed by atoms with van der Waals surface area (Å²) < 4.78 is 0. The van der Waals surface area contributed by atoms with Gasteiger partial charge in [-0.1, -0.05) is 70.0 Å². The third kappa shape index (κ3) is 3.32. The van der Waals surface area contributed by atoms with E-state index in [1.165, 1.54) is 41.5 Å². The third-order valence-corrected chi connectivity index (χ3v) is 15.3. The average Bonchev–Trinajstić information content (AvgIpc) is 3.45. The van der Waals surface area contributed by atoms with Crippen LogP contribution in [0.2, 0.25) is 10.0 Å². The summed E-state index contributed by atoms with van der Waals surface area (Å²) in [6, 6.07) is 3.97. The number of aromatic amines is 1. The lowest BCUT2D eigenvalue weighted by Crippen LogP contribution is -2.66. The number of rotatable bonds is 2. The van der Waals surface area contributed by atoms with Gasteiger partial charge in [-0.15, -0.1) is 0 Å². The molecular weight excluding hydrogens is 549 g/mol. The highest BCUT2D eigenvalue weighted by atomic mass is 35.5. The number of carboxylic acid groups (broad SMARTS) is 1. The predicted octanol–water partition coefficient (Wildman–Crippen LogP) is 10.2. The van der Waals surface area contributed by atoms with Gasteiger partial charge in [0, 0.05) is 21.5 Å². The summed E-state index contributed by atoms with van der Waals surface area (Å²) in [6.45, 7) is 19.3. The van der Waals surface area contributed by atoms with Gasteiger partial charge in [-0.25, -0.2) is 0 Å². The van der Waals surface area contributed by atoms with Crippen molar-refractivity contribution in [3.05, 3.63) is 45.6 Å². The van der Waals surface area contributed by atoms with Crippen LogP contribution in [-0.2, 0) is 16.6 Å². The van der Waals surface area contributed by atoms with E-state index in [1.807, 2.05) is 6.07 Å². The zero-order valence-electron chi connectivity index (χ0n) is 25.7. The van der Waals surface area contributed by atoms with Crippen molar-refractivity contribution in [2.45, 2.75) is 105 Å². The summed E-state index contributed by atoms with van der Waals surface area (Å²) >= 11 is 13.3. The molecule has 3 nitrogen and oxygen atoms in total. The van der Waals surface area contributed by atoms with Crippen molar-refractivity contribution in [1.29, 1.82) is 0 Å². The van der Waals surface area contributed by atoms with Crippen LogP contribution >= 0.6 is 23.2 Å². The highest BCUT2D eigenvalue weighted by molar-refractivity contribution is 6.38. The van der Waals surface area contributed by atoms with Crippen LogP contribution in [0.1, 0.15) is 104 Å². The van der Waals surface area contributed by atoms with E-state index in [4.69, 9.17) is 23.2 Å². The molecule has 0 saturated heterocycles. The molecule has 4 saturated carbocycles. The zero-order chi connectivity index (χ0) is 29.5. The summed E-state index contributed by atoms with van der Waals surface area (Å²) in [5.41, 5.74) is 4.86. The van der Waals surface area contributed by atoms with Gasteiger partial charge in [-0.3, -0.25) is 4.79 Å². The summed E-state index contributed by atoms with van der Waals surface area (Å²) in [5, 5.41) is 13.3. The highest BCUT2D eigenvalue weighted by Crippen LogP contribution is 2.77. The molecule has 0 spiro atoms. The molecule has 0 radical (unpaired) electrons. The first-order chi connectivity index (χ1) is 19.1. The number of carbonyl (C=O) groups is 1. The van der Waals surface area contributed by atoms with E-state index in [1.54, 1.807) is 0 Å². The third-order valence-electron chi connectivity index (χ3n) is 14.8. The van der Waals surface area contributed by atoms with Crippen LogP contribution in [0.25, 0.3) is 10.9 Å². The molecule has 2 N–H and O–H groups in total. The molecule has 1 heterocycles. The average molecular weight is 597 g/mol. The fraction of sp³-hybridized carbons (Fsp3) is 0.694. The SMILES string of the molecule is C=C(C)[C@@H]1CC[C@]2(C(=O)O)CC[C@]3(C)C(CCC4[C@@]5(C)Cc6c([nH]c7c(Cl)cc(Cl)cc67)C(C)(C)C5CC[C@]43C)C12. The van der Waals surface area contributed by atoms with E-state index in [9.17, 15) is 9.90 Å². The Hall–Kier alpha value is -1.45. The molecule has 5 aliphatic carbocycles. The molecule has 0 aliphatic heterocycles. The number of nitrogens with one attached hydrogen (secondary N) is 1. The first-order valence-corrected chi connectivity index (χ1v) is 16.8. The van der Waals surface area contributed by atoms with E-state index < -0.39 is 11.4 Å². The van der Waals surface area contributed by atoms with Gasteiger partial charge < -0.3 is 10.1 Å². The lowest BCUT2D eigenvalue weighted by molar-refractivity contribution is -0.227. The van der Waals surface area contributed by atoms with E-state index in [0.29, 0.717) is 33.7 Å². The van der Waals surface area contributed by atoms with Crippen LogP contribution in [-0.4, -0.2) is 16.1 Å². The van der Waals surface area contributed by atoms with Crippen LogP contribution in [0.15, 0.2) is 24.3 Å². The Morgan fingerprint density at radius 3 is 2.37 bits per heavy atom. The molecule has 5 heteroatoms. The number of carboxylic acids is 1. The molecule has 5 aliphatic rings. The fourth-order valence-electron chi connectivity index (χ4n) is 12.9. The summed E-state index contributed by atoms with van der Waals surface area (Å²) in [5.74, 6) is 1.60. The van der Waals surface area contributed by atoms with Crippen molar-refractivity contribution in [3.8, 4) is 0 Å². The first kappa shape index (κ1) is 28.3. The Morgan fingerprint density at radius 2 is 1.68 bits per heavy atom. The quantitative estimate of drug-likeness (QED) is 0.339. The number of benzene rings is 1. The second kappa shape index (κ2) is 8.59. The predicted molar refractivity (Wildman–Crippen MR) is 169 cm³/mol. The van der Waals surface area contributed by atoms with Gasteiger partial charge in [0.05, 0.1) is 16.0 Å². The molecule has 9 atom stereocenters. The second-order valence-electron chi connectivity index (χ2n) is 16.3. The van der Waals surface area contributed by atoms with Gasteiger partial charge >= 0.3 is 5.97 Å². The van der Waals surface area contributed by atoms with Crippen LogP contribution in [0.3, 0.4) is 0 Å². The molecule has 2 aromatic rings. The maximum absolute atomic E-state index is 13.0. The van der Waals surface area contributed by atoms with E-state index >= 15 is 0 Å². The number of aromatic nitrogens is 1. The van der Waals surface area contributed by atoms with Crippen molar-refractivity contribution in [3.63, 3.8) is 0 Å². The minimum atomic E-state index is -0.567. The lowest BCUT2D eigenvalue weighted by atomic mass is 9.32. The molecule has 222 valence electrons. The Morgan fingerprint density at radius 1 is 0.951 bits per heavy atom. The number of aliphatic carboxylic acids is 1. The Balaban J connectivity index is 1.34. The molecule has 0 amide bonds. The van der Waals surface area contributed by atoms with Crippen LogP contribution in [0.5, 0.6) is 0 Å². The van der Waals surface area contributed by atoms with Crippen molar-refractivity contribution in [2.24, 2.45) is 51.2 Å². The Bertz CT molecular complexity index is 1490. The van der Waals surface area contributed by atoms with E-state index in [0.717, 1.165) is 44.0 Å². The Labute approximate surface area is 255 Å². The van der Waals surface area contributed by atoms with Crippen LogP contribution in [0.4, 0.5) is 0 Å². The van der Waals surface area contributed by atoms with E-state index in [2.05, 4.69) is 59.2 Å². The first-order valence-electron chi connectivity index (χ1n) is 16.0. The number of hydrogen-bond donors (Lipinski definition) is 2. The molecule has 4 fully saturated rings. The molecule has 0 bridgehead atoms. The lowest BCUT2D eigenvalue weighted by Gasteiger charge is -2.72. The summed E-state index contributed by atoms with van der Waals surface area (Å²) in [7, 11) is 0. The van der Waals surface area contributed by atoms with Crippen LogP contribution < -0.4 is 0 Å². The molecule has 4 unspecified atom stereocenters. The molecule has 41 heavy (non-hydrogen) atoms. The summed E-state index contributed by atoms with van der Waals surface area (Å²) in [4.78, 5) is 16.8. The van der Waals surface area contributed by atoms with Gasteiger partial charge in [-0.05, 0) is 128 Å². The monoisotopic (exact) mass is 595 g/mol. The smallest absolute Gasteiger partial charge is 0.309 e. The van der Waals surface area contributed by atoms with Gasteiger partial charge in [0.25, 0.3) is 0 Å². The van der Waals surface area contributed by atoms with Crippen molar-refractivity contribution in [1.82, 2.24) is 4.98 Å². The minimum absolute atomic E-state index is 0.00221. The Kier molecular flexibility index (Phi) is 5.93. The largest absolute Gasteiger partial charge is 0.481 e. The second-order valence-corrected chi connectivity index (χ2v) is 17.2. The molecular formula is C36H47Cl2NO2. The normalized spacial score (nSPS) is 44.3. The van der Waals surface area contributed by atoms with Crippen LogP contribution in [0, 0.1) is 51.2 Å². The molecule has 1 aromatic heterocycles. The summed E-state index contributed by atoms with van der Waals surface area (Å²) in [6.07, 6.45) is 9.47. The standard InChI is InChI=1S/C36H47Cl2NO2/c1-19(2)21-10-13-36(31(40)41)15-14-34(6)24(28(21)36)8-9-27-33(5)18-23-22-16-20(37)17-25(38)29(22)39-30(23)32(3,4)26(33)11-12-35(27,34)7/h16-17,21,24,26-28,39H,1,8-15,18H2,2-7H3,(H,40,41)/t21-,24?,26?,27?,28?,33-,34+,35+,36-/m0/s1. The van der Waals surface area contributed by atoms with Gasteiger partial charge in [0.2, 0.25) is 0 Å². The topological polar surface area (TPSA) is 53.1 Å². The van der Waals surface area contributed by atoms with Gasteiger partial charge in [-0.2, -0.15) is 0 Å². The number of halogens is 2. The van der Waals surface area contributed by atoms with Crippen molar-refractivity contribution < 1.29 is 9.90 Å². The van der Waals surface area contributed by atoms with Gasteiger partial charge in [0.15, 0.2) is 0 Å². The van der Waals surface area contributed by atoms with Crippen molar-refractivity contribution in [2.75, 3.05) is 0 Å². The molecule has 1 aromatic carbocycles. The molecule has 7 rings (SSSR count). The van der Waals surface area contributed by atoms with Gasteiger partial charge in [0.1, 0.15) is 0 Å². The number of H-pyrrole nitrogens is 1. The zero-order valence-corrected chi connectivity index (χ0v) is 27.2. The maximum atomic E-state index is 13.0. The maximum Gasteiger partial charge on any atom is 0.309 e. The number of allylic oxidation sites excluding steroid dienone is 1. The number of hydrogen-bond acceptors (Lipinski definition) is 1. The minimum Gasteiger partial charge on any atom is -0.481 e. The fourth-order valence-corrected chi connectivity index (χ4v) is 13.4.